The van der Waals surface area contributed by atoms with Gasteiger partial charge in [0.05, 0.1) is 0 Å². The van der Waals surface area contributed by atoms with Crippen molar-refractivity contribution in [2.45, 2.75) is 51.9 Å². The molecular formula is C22H24F4. The first-order valence-electron chi connectivity index (χ1n) is 9.41. The second-order valence-electron chi connectivity index (χ2n) is 7.40. The van der Waals surface area contributed by atoms with E-state index in [9.17, 15) is 17.6 Å². The molecule has 0 bridgehead atoms. The van der Waals surface area contributed by atoms with Gasteiger partial charge in [0.1, 0.15) is 5.82 Å². The molecule has 0 nitrogen and oxygen atoms in total. The maximum atomic E-state index is 14.4. The Hall–Kier alpha value is -1.84. The number of benzene rings is 2. The van der Waals surface area contributed by atoms with E-state index in [-0.39, 0.29) is 11.1 Å². The second-order valence-corrected chi connectivity index (χ2v) is 7.40. The van der Waals surface area contributed by atoms with Crippen molar-refractivity contribution in [1.29, 1.82) is 0 Å². The highest BCUT2D eigenvalue weighted by Gasteiger charge is 2.20. The van der Waals surface area contributed by atoms with E-state index in [1.54, 1.807) is 6.07 Å². The summed E-state index contributed by atoms with van der Waals surface area (Å²) in [4.78, 5) is 0. The van der Waals surface area contributed by atoms with E-state index < -0.39 is 23.3 Å². The van der Waals surface area contributed by atoms with Crippen molar-refractivity contribution in [2.75, 3.05) is 0 Å². The van der Waals surface area contributed by atoms with Gasteiger partial charge in [0.15, 0.2) is 17.5 Å². The molecule has 1 aliphatic rings. The van der Waals surface area contributed by atoms with Crippen molar-refractivity contribution >= 4 is 0 Å². The maximum Gasteiger partial charge on any atom is 0.194 e. The molecule has 0 atom stereocenters. The summed E-state index contributed by atoms with van der Waals surface area (Å²) in [5, 5.41) is 0. The van der Waals surface area contributed by atoms with Crippen molar-refractivity contribution in [3.63, 3.8) is 0 Å². The smallest absolute Gasteiger partial charge is 0.194 e. The average Bonchev–Trinajstić information content (AvgIpc) is 2.64. The fourth-order valence-corrected chi connectivity index (χ4v) is 3.96. The van der Waals surface area contributed by atoms with Gasteiger partial charge in [-0.2, -0.15) is 0 Å². The average molecular weight is 364 g/mol. The molecule has 0 aliphatic heterocycles. The fourth-order valence-electron chi connectivity index (χ4n) is 3.96. The first kappa shape index (κ1) is 18.9. The van der Waals surface area contributed by atoms with Crippen LogP contribution in [0.2, 0.25) is 0 Å². The Morgan fingerprint density at radius 1 is 0.808 bits per heavy atom. The lowest BCUT2D eigenvalue weighted by Gasteiger charge is -2.27. The van der Waals surface area contributed by atoms with E-state index in [1.165, 1.54) is 44.2 Å². The zero-order chi connectivity index (χ0) is 18.7. The molecule has 0 saturated heterocycles. The minimum absolute atomic E-state index is 0.00309. The van der Waals surface area contributed by atoms with Crippen LogP contribution in [-0.2, 0) is 6.42 Å². The standard InChI is InChI=1S/C22H24F4/c1-2-14-3-5-15(6-4-14)7-8-16-9-10-18(19(23)11-16)17-12-20(24)22(26)21(25)13-17/h9-15H,2-8H2,1H3. The van der Waals surface area contributed by atoms with Crippen molar-refractivity contribution < 1.29 is 17.6 Å². The fraction of sp³-hybridized carbons (Fsp3) is 0.455. The summed E-state index contributed by atoms with van der Waals surface area (Å²) < 4.78 is 54.3. The third-order valence-electron chi connectivity index (χ3n) is 5.71. The van der Waals surface area contributed by atoms with Gasteiger partial charge in [0.25, 0.3) is 0 Å². The molecule has 2 aromatic carbocycles. The lowest BCUT2D eigenvalue weighted by molar-refractivity contribution is 0.259. The van der Waals surface area contributed by atoms with Crippen LogP contribution >= 0.6 is 0 Å². The molecule has 0 spiro atoms. The molecule has 0 N–H and O–H groups in total. The number of hydrogen-bond donors (Lipinski definition) is 0. The predicted molar refractivity (Wildman–Crippen MR) is 95.8 cm³/mol. The normalized spacial score (nSPS) is 20.3. The molecule has 0 heterocycles. The van der Waals surface area contributed by atoms with Crippen LogP contribution in [0.1, 0.15) is 51.0 Å². The van der Waals surface area contributed by atoms with Gasteiger partial charge in [-0.3, -0.25) is 0 Å². The molecule has 0 radical (unpaired) electrons. The van der Waals surface area contributed by atoms with Gasteiger partial charge >= 0.3 is 0 Å². The van der Waals surface area contributed by atoms with Crippen molar-refractivity contribution in [3.8, 4) is 11.1 Å². The predicted octanol–water partition coefficient (Wildman–Crippen LogP) is 7.06. The van der Waals surface area contributed by atoms with Gasteiger partial charge in [-0.05, 0) is 54.0 Å². The molecule has 0 unspecified atom stereocenters. The number of rotatable bonds is 5. The Bertz CT molecular complexity index is 738. The summed E-state index contributed by atoms with van der Waals surface area (Å²) in [6.45, 7) is 2.24. The highest BCUT2D eigenvalue weighted by molar-refractivity contribution is 5.64. The molecule has 3 rings (SSSR count). The zero-order valence-corrected chi connectivity index (χ0v) is 15.0. The van der Waals surface area contributed by atoms with E-state index in [0.29, 0.717) is 5.92 Å². The molecule has 0 amide bonds. The minimum atomic E-state index is -1.54. The summed E-state index contributed by atoms with van der Waals surface area (Å²) >= 11 is 0. The summed E-state index contributed by atoms with van der Waals surface area (Å²) in [6, 6.07) is 6.37. The number of hydrogen-bond acceptors (Lipinski definition) is 0. The van der Waals surface area contributed by atoms with Gasteiger partial charge < -0.3 is 0 Å². The van der Waals surface area contributed by atoms with Crippen LogP contribution in [-0.4, -0.2) is 0 Å². The largest absolute Gasteiger partial charge is 0.206 e. The Kier molecular flexibility index (Phi) is 6.00. The molecular weight excluding hydrogens is 340 g/mol. The monoisotopic (exact) mass is 364 g/mol. The molecule has 0 aromatic heterocycles. The van der Waals surface area contributed by atoms with Gasteiger partial charge in [-0.15, -0.1) is 0 Å². The van der Waals surface area contributed by atoms with Crippen LogP contribution in [0, 0.1) is 35.1 Å². The Morgan fingerprint density at radius 3 is 2.00 bits per heavy atom. The Balaban J connectivity index is 1.66. The maximum absolute atomic E-state index is 14.4. The SMILES string of the molecule is CCC1CCC(CCc2ccc(-c3cc(F)c(F)c(F)c3)c(F)c2)CC1. The van der Waals surface area contributed by atoms with Crippen LogP contribution in [0.3, 0.4) is 0 Å². The van der Waals surface area contributed by atoms with E-state index in [1.807, 2.05) is 0 Å². The van der Waals surface area contributed by atoms with Crippen molar-refractivity contribution in [3.05, 3.63) is 59.2 Å². The third kappa shape index (κ3) is 4.28. The summed E-state index contributed by atoms with van der Waals surface area (Å²) in [5.74, 6) is -3.15. The third-order valence-corrected chi connectivity index (χ3v) is 5.71. The van der Waals surface area contributed by atoms with Crippen LogP contribution < -0.4 is 0 Å². The molecule has 26 heavy (non-hydrogen) atoms. The van der Waals surface area contributed by atoms with E-state index >= 15 is 0 Å². The van der Waals surface area contributed by atoms with Crippen LogP contribution in [0.5, 0.6) is 0 Å². The van der Waals surface area contributed by atoms with Gasteiger partial charge in [-0.1, -0.05) is 51.2 Å². The lowest BCUT2D eigenvalue weighted by atomic mass is 9.78. The number of aryl methyl sites for hydroxylation is 1. The summed E-state index contributed by atoms with van der Waals surface area (Å²) in [7, 11) is 0. The quantitative estimate of drug-likeness (QED) is 0.393. The molecule has 4 heteroatoms. The minimum Gasteiger partial charge on any atom is -0.206 e. The van der Waals surface area contributed by atoms with E-state index in [2.05, 4.69) is 6.92 Å². The zero-order valence-electron chi connectivity index (χ0n) is 15.0. The molecule has 1 saturated carbocycles. The first-order valence-corrected chi connectivity index (χ1v) is 9.41. The summed E-state index contributed by atoms with van der Waals surface area (Å²) in [6.07, 6.45) is 8.15. The lowest BCUT2D eigenvalue weighted by Crippen LogP contribution is -2.14. The van der Waals surface area contributed by atoms with Crippen molar-refractivity contribution in [2.24, 2.45) is 11.8 Å². The molecule has 1 aliphatic carbocycles. The molecule has 1 fully saturated rings. The van der Waals surface area contributed by atoms with Crippen LogP contribution in [0.25, 0.3) is 11.1 Å². The first-order chi connectivity index (χ1) is 12.5. The highest BCUT2D eigenvalue weighted by Crippen LogP contribution is 2.33. The second kappa shape index (κ2) is 8.24. The van der Waals surface area contributed by atoms with Gasteiger partial charge in [0, 0.05) is 5.56 Å². The molecule has 2 aromatic rings. The van der Waals surface area contributed by atoms with E-state index in [4.69, 9.17) is 0 Å². The Morgan fingerprint density at radius 2 is 1.42 bits per heavy atom. The van der Waals surface area contributed by atoms with Gasteiger partial charge in [-0.25, -0.2) is 17.6 Å². The Labute approximate surface area is 152 Å². The van der Waals surface area contributed by atoms with Crippen LogP contribution in [0.4, 0.5) is 17.6 Å². The van der Waals surface area contributed by atoms with Gasteiger partial charge in [0.2, 0.25) is 0 Å². The van der Waals surface area contributed by atoms with Crippen LogP contribution in [0.15, 0.2) is 30.3 Å². The molecule has 140 valence electrons. The number of halogens is 4. The summed E-state index contributed by atoms with van der Waals surface area (Å²) in [5.41, 5.74) is 0.963. The van der Waals surface area contributed by atoms with E-state index in [0.717, 1.165) is 36.5 Å². The highest BCUT2D eigenvalue weighted by atomic mass is 19.2. The topological polar surface area (TPSA) is 0 Å². The van der Waals surface area contributed by atoms with Crippen molar-refractivity contribution in [1.82, 2.24) is 0 Å².